The smallest absolute Gasteiger partial charge is 1.00 e. The SMILES string of the molecule is O.O.O.O.[Ca+2].[Ca+2].[Ca+2].[H-].[H-].[H-].[H-].[H-].[H-].[Ti]. The van der Waals surface area contributed by atoms with Gasteiger partial charge in [0.05, 0.1) is 0 Å². The van der Waals surface area contributed by atoms with E-state index in [4.69, 9.17) is 0 Å². The molecular formula is H14Ca3O4Ti. The van der Waals surface area contributed by atoms with Crippen LogP contribution in [0.2, 0.25) is 0 Å². The van der Waals surface area contributed by atoms with E-state index >= 15 is 0 Å². The average molecular weight is 246 g/mol. The Morgan fingerprint density at radius 1 is 0.500 bits per heavy atom. The Morgan fingerprint density at radius 3 is 0.500 bits per heavy atom. The van der Waals surface area contributed by atoms with Crippen molar-refractivity contribution in [2.45, 2.75) is 0 Å². The van der Waals surface area contributed by atoms with Crippen LogP contribution in [0.4, 0.5) is 0 Å². The Kier molecular flexibility index (Phi) is 680. The number of rotatable bonds is 0. The summed E-state index contributed by atoms with van der Waals surface area (Å²) in [5.41, 5.74) is 0. The summed E-state index contributed by atoms with van der Waals surface area (Å²) in [6.45, 7) is 0. The number of hydrogen-bond donors (Lipinski definition) is 0. The normalized spacial score (nSPS) is 0. The van der Waals surface area contributed by atoms with Gasteiger partial charge in [0.1, 0.15) is 0 Å². The van der Waals surface area contributed by atoms with Crippen LogP contribution in [0.15, 0.2) is 0 Å². The second-order valence-corrected chi connectivity index (χ2v) is 0. The molecule has 0 aliphatic heterocycles. The zero-order chi connectivity index (χ0) is 0. The van der Waals surface area contributed by atoms with Gasteiger partial charge < -0.3 is 30.5 Å². The van der Waals surface area contributed by atoms with Gasteiger partial charge in [0.15, 0.2) is 0 Å². The molecule has 0 saturated carbocycles. The van der Waals surface area contributed by atoms with Crippen LogP contribution in [0.25, 0.3) is 0 Å². The maximum Gasteiger partial charge on any atom is 2.00 e. The standard InChI is InChI=1S/3Ca.4H2O.Ti.6H/h;;;4*1H2;;;;;;;/q3*+2;;;;;;6*-1. The Labute approximate surface area is 162 Å². The Bertz CT molecular complexity index is 25.0. The minimum atomic E-state index is 0. The van der Waals surface area contributed by atoms with Crippen LogP contribution in [0.5, 0.6) is 0 Å². The second kappa shape index (κ2) is 64.4. The van der Waals surface area contributed by atoms with Crippen molar-refractivity contribution in [3.63, 3.8) is 0 Å². The average Bonchev–Trinajstić information content (AvgIpc) is 0. The van der Waals surface area contributed by atoms with E-state index in [-0.39, 0.29) is 165 Å². The van der Waals surface area contributed by atoms with Gasteiger partial charge in [-0.1, -0.05) is 0 Å². The van der Waals surface area contributed by atoms with Crippen LogP contribution in [-0.2, 0) is 21.7 Å². The molecule has 0 radical (unpaired) electrons. The third-order valence-electron chi connectivity index (χ3n) is 0. The fraction of sp³-hybridized carbons (Fsp3) is 0. The fourth-order valence-electron chi connectivity index (χ4n) is 0. The quantitative estimate of drug-likeness (QED) is 0.389. The molecule has 0 atom stereocenters. The molecule has 4 nitrogen and oxygen atoms in total. The van der Waals surface area contributed by atoms with Gasteiger partial charge >= 0.3 is 113 Å². The summed E-state index contributed by atoms with van der Waals surface area (Å²) in [5, 5.41) is 0. The van der Waals surface area contributed by atoms with Gasteiger partial charge in [-0.2, -0.15) is 0 Å². The minimum Gasteiger partial charge on any atom is -1.00 e. The summed E-state index contributed by atoms with van der Waals surface area (Å²) in [4.78, 5) is 0. The first-order valence-corrected chi connectivity index (χ1v) is 0. The van der Waals surface area contributed by atoms with Gasteiger partial charge in [0, 0.05) is 21.7 Å². The molecule has 48 valence electrons. The topological polar surface area (TPSA) is 126 Å². The predicted molar refractivity (Wildman–Crippen MR) is 38.4 cm³/mol. The van der Waals surface area contributed by atoms with E-state index in [1.807, 2.05) is 0 Å². The third kappa shape index (κ3) is 47.9. The Balaban J connectivity index is 0. The van der Waals surface area contributed by atoms with Crippen molar-refractivity contribution in [3.8, 4) is 0 Å². The van der Waals surface area contributed by atoms with E-state index in [0.29, 0.717) is 0 Å². The van der Waals surface area contributed by atoms with Gasteiger partial charge in [-0.05, 0) is 0 Å². The molecule has 0 rings (SSSR count). The number of hydrogen-bond acceptors (Lipinski definition) is 0. The molecule has 8 heteroatoms. The van der Waals surface area contributed by atoms with E-state index < -0.39 is 0 Å². The Hall–Kier alpha value is 4.33. The molecule has 8 N–H and O–H groups in total. The van der Waals surface area contributed by atoms with Crippen LogP contribution in [0.1, 0.15) is 8.56 Å². The van der Waals surface area contributed by atoms with Gasteiger partial charge in [0.25, 0.3) is 0 Å². The van der Waals surface area contributed by atoms with Crippen molar-refractivity contribution >= 4 is 113 Å². The summed E-state index contributed by atoms with van der Waals surface area (Å²) in [7, 11) is 0. The molecule has 0 aliphatic carbocycles. The van der Waals surface area contributed by atoms with Gasteiger partial charge in [-0.25, -0.2) is 0 Å². The first kappa shape index (κ1) is 84.4. The molecule has 0 aliphatic rings. The molecule has 0 saturated heterocycles. The second-order valence-electron chi connectivity index (χ2n) is 0. The van der Waals surface area contributed by atoms with Crippen molar-refractivity contribution in [1.82, 2.24) is 0 Å². The molecule has 0 aromatic carbocycles. The zero-order valence-electron chi connectivity index (χ0n) is 10.6. The van der Waals surface area contributed by atoms with Crippen LogP contribution >= 0.6 is 0 Å². The summed E-state index contributed by atoms with van der Waals surface area (Å²) in [6, 6.07) is 0. The van der Waals surface area contributed by atoms with Crippen molar-refractivity contribution in [2.75, 3.05) is 0 Å². The molecule has 0 spiro atoms. The molecule has 0 unspecified atom stereocenters. The van der Waals surface area contributed by atoms with E-state index in [1.165, 1.54) is 0 Å². The van der Waals surface area contributed by atoms with Crippen LogP contribution < -0.4 is 0 Å². The Morgan fingerprint density at radius 2 is 0.500 bits per heavy atom. The molecule has 8 heavy (non-hydrogen) atoms. The summed E-state index contributed by atoms with van der Waals surface area (Å²) < 4.78 is 0. The maximum absolute atomic E-state index is 0. The third-order valence-corrected chi connectivity index (χ3v) is 0. The summed E-state index contributed by atoms with van der Waals surface area (Å²) in [6.07, 6.45) is 0. The van der Waals surface area contributed by atoms with E-state index in [0.717, 1.165) is 0 Å². The van der Waals surface area contributed by atoms with E-state index in [1.54, 1.807) is 0 Å². The summed E-state index contributed by atoms with van der Waals surface area (Å²) in [5.74, 6) is 0. The largest absolute Gasteiger partial charge is 2.00 e. The molecule has 0 aromatic rings. The molecule has 0 fully saturated rings. The molecule has 0 aromatic heterocycles. The molecule has 0 heterocycles. The zero-order valence-corrected chi connectivity index (χ0v) is 12.8. The minimum absolute atomic E-state index is 0. The molecule has 0 bridgehead atoms. The van der Waals surface area contributed by atoms with E-state index in [9.17, 15) is 0 Å². The van der Waals surface area contributed by atoms with Gasteiger partial charge in [-0.15, -0.1) is 0 Å². The molecular weight excluding hydrogens is 232 g/mol. The maximum atomic E-state index is 0. The van der Waals surface area contributed by atoms with Crippen molar-refractivity contribution in [2.24, 2.45) is 0 Å². The monoisotopic (exact) mass is 246 g/mol. The van der Waals surface area contributed by atoms with Crippen molar-refractivity contribution in [1.29, 1.82) is 0 Å². The van der Waals surface area contributed by atoms with Gasteiger partial charge in [0.2, 0.25) is 0 Å². The van der Waals surface area contributed by atoms with Crippen LogP contribution in [0.3, 0.4) is 0 Å². The fourth-order valence-corrected chi connectivity index (χ4v) is 0. The van der Waals surface area contributed by atoms with Crippen molar-refractivity contribution < 1.29 is 52.2 Å². The van der Waals surface area contributed by atoms with Gasteiger partial charge in [-0.3, -0.25) is 0 Å². The molecule has 0 amide bonds. The van der Waals surface area contributed by atoms with Crippen LogP contribution in [-0.4, -0.2) is 135 Å². The first-order valence-electron chi connectivity index (χ1n) is 0. The van der Waals surface area contributed by atoms with Crippen molar-refractivity contribution in [3.05, 3.63) is 0 Å². The van der Waals surface area contributed by atoms with Crippen LogP contribution in [0, 0.1) is 0 Å². The van der Waals surface area contributed by atoms with E-state index in [2.05, 4.69) is 0 Å². The predicted octanol–water partition coefficient (Wildman–Crippen LogP) is -3.77. The first-order chi connectivity index (χ1) is 0. The summed E-state index contributed by atoms with van der Waals surface area (Å²) >= 11 is 0.